The van der Waals surface area contributed by atoms with Gasteiger partial charge in [0, 0.05) is 13.1 Å². The topological polar surface area (TPSA) is 36.1 Å². The fourth-order valence-corrected chi connectivity index (χ4v) is 1.24. The van der Waals surface area contributed by atoms with Crippen LogP contribution in [0.25, 0.3) is 0 Å². The maximum atomic E-state index is 3.42. The van der Waals surface area contributed by atoms with Gasteiger partial charge in [-0.2, -0.15) is 0 Å². The average Bonchev–Trinajstić information content (AvgIpc) is 2.34. The van der Waals surface area contributed by atoms with Crippen LogP contribution in [0.5, 0.6) is 0 Å². The Balaban J connectivity index is 0. The van der Waals surface area contributed by atoms with E-state index in [0.29, 0.717) is 0 Å². The Labute approximate surface area is 103 Å². The second-order valence-corrected chi connectivity index (χ2v) is 3.60. The second kappa shape index (κ2) is 20.3. The van der Waals surface area contributed by atoms with E-state index in [2.05, 4.69) is 29.8 Å². The summed E-state index contributed by atoms with van der Waals surface area (Å²) in [6.45, 7) is 15.1. The van der Waals surface area contributed by atoms with Crippen molar-refractivity contribution in [3.05, 3.63) is 0 Å². The van der Waals surface area contributed by atoms with Crippen molar-refractivity contribution < 1.29 is 0 Å². The van der Waals surface area contributed by atoms with Crippen molar-refractivity contribution in [2.24, 2.45) is 0 Å². The van der Waals surface area contributed by atoms with Crippen molar-refractivity contribution in [3.8, 4) is 0 Å². The smallest absolute Gasteiger partial charge is 0.00767 e. The first kappa shape index (κ1) is 18.3. The van der Waals surface area contributed by atoms with Crippen LogP contribution in [-0.2, 0) is 0 Å². The molecule has 0 saturated carbocycles. The van der Waals surface area contributed by atoms with Crippen LogP contribution in [-0.4, -0.2) is 39.3 Å². The lowest BCUT2D eigenvalue weighted by atomic mass is 10.4. The lowest BCUT2D eigenvalue weighted by Gasteiger charge is -2.06. The Morgan fingerprint density at radius 3 is 1.38 bits per heavy atom. The molecule has 0 unspecified atom stereocenters. The van der Waals surface area contributed by atoms with E-state index in [1.807, 2.05) is 13.8 Å². The van der Waals surface area contributed by atoms with Gasteiger partial charge < -0.3 is 16.0 Å². The molecule has 0 spiro atoms. The summed E-state index contributed by atoms with van der Waals surface area (Å²) < 4.78 is 0. The molecule has 0 aliphatic heterocycles. The molecular weight excluding hydrogens is 198 g/mol. The third-order valence-electron chi connectivity index (χ3n) is 2.04. The van der Waals surface area contributed by atoms with Gasteiger partial charge >= 0.3 is 0 Å². The third-order valence-corrected chi connectivity index (χ3v) is 2.04. The van der Waals surface area contributed by atoms with Gasteiger partial charge in [0.2, 0.25) is 0 Å². The van der Waals surface area contributed by atoms with Crippen LogP contribution in [0.15, 0.2) is 0 Å². The van der Waals surface area contributed by atoms with E-state index < -0.39 is 0 Å². The molecule has 3 nitrogen and oxygen atoms in total. The minimum atomic E-state index is 1.09. The highest BCUT2D eigenvalue weighted by Gasteiger charge is 1.88. The van der Waals surface area contributed by atoms with Crippen molar-refractivity contribution in [1.82, 2.24) is 16.0 Å². The first-order valence-corrected chi connectivity index (χ1v) is 7.04. The molecular formula is C13H33N3. The number of rotatable bonds is 11. The molecule has 0 fully saturated rings. The van der Waals surface area contributed by atoms with Crippen LogP contribution in [0.3, 0.4) is 0 Å². The van der Waals surface area contributed by atoms with Crippen molar-refractivity contribution in [1.29, 1.82) is 0 Å². The Morgan fingerprint density at radius 1 is 0.562 bits per heavy atom. The van der Waals surface area contributed by atoms with E-state index in [-0.39, 0.29) is 0 Å². The second-order valence-electron chi connectivity index (χ2n) is 3.60. The van der Waals surface area contributed by atoms with E-state index in [1.54, 1.807) is 0 Å². The molecule has 0 bridgehead atoms. The predicted molar refractivity (Wildman–Crippen MR) is 75.2 cm³/mol. The van der Waals surface area contributed by atoms with E-state index in [1.165, 1.54) is 19.3 Å². The van der Waals surface area contributed by atoms with E-state index >= 15 is 0 Å². The number of hydrogen-bond donors (Lipinski definition) is 3. The summed E-state index contributed by atoms with van der Waals surface area (Å²) >= 11 is 0. The normalized spacial score (nSPS) is 9.75. The molecule has 0 aromatic rings. The lowest BCUT2D eigenvalue weighted by Crippen LogP contribution is -2.29. The first-order chi connectivity index (χ1) is 7.91. The summed E-state index contributed by atoms with van der Waals surface area (Å²) in [5, 5.41) is 10.2. The Morgan fingerprint density at radius 2 is 0.938 bits per heavy atom. The zero-order valence-corrected chi connectivity index (χ0v) is 11.9. The highest BCUT2D eigenvalue weighted by molar-refractivity contribution is 4.53. The van der Waals surface area contributed by atoms with Gasteiger partial charge in [0.25, 0.3) is 0 Å². The Hall–Kier alpha value is -0.120. The maximum Gasteiger partial charge on any atom is 0.00767 e. The summed E-state index contributed by atoms with van der Waals surface area (Å²) in [5.74, 6) is 0. The van der Waals surface area contributed by atoms with Crippen LogP contribution < -0.4 is 16.0 Å². The standard InChI is InChI=1S/C11H27N3.C2H6/c1-3-6-12-8-5-9-14-11-10-13-7-4-2;1-2/h12-14H,3-11H2,1-2H3;1-2H3. The number of nitrogens with one attached hydrogen (secondary N) is 3. The van der Waals surface area contributed by atoms with E-state index in [9.17, 15) is 0 Å². The fourth-order valence-electron chi connectivity index (χ4n) is 1.24. The van der Waals surface area contributed by atoms with Crippen LogP contribution in [0.2, 0.25) is 0 Å². The molecule has 3 N–H and O–H groups in total. The lowest BCUT2D eigenvalue weighted by molar-refractivity contribution is 0.570. The molecule has 0 rings (SSSR count). The van der Waals surface area contributed by atoms with Gasteiger partial charge in [-0.05, 0) is 45.4 Å². The monoisotopic (exact) mass is 231 g/mol. The predicted octanol–water partition coefficient (Wildman–Crippen LogP) is 1.99. The van der Waals surface area contributed by atoms with Gasteiger partial charge in [-0.15, -0.1) is 0 Å². The largest absolute Gasteiger partial charge is 0.317 e. The van der Waals surface area contributed by atoms with Gasteiger partial charge in [0.15, 0.2) is 0 Å². The highest BCUT2D eigenvalue weighted by Crippen LogP contribution is 1.75. The minimum Gasteiger partial charge on any atom is -0.317 e. The van der Waals surface area contributed by atoms with Gasteiger partial charge in [0.1, 0.15) is 0 Å². The van der Waals surface area contributed by atoms with Gasteiger partial charge in [-0.25, -0.2) is 0 Å². The molecule has 0 aromatic heterocycles. The molecule has 0 atom stereocenters. The molecule has 100 valence electrons. The Bertz CT molecular complexity index is 85.2. The molecule has 0 aliphatic rings. The van der Waals surface area contributed by atoms with Crippen LogP contribution in [0.4, 0.5) is 0 Å². The SMILES string of the molecule is CC.CCCNCCCNCCNCCC. The molecule has 3 heteroatoms. The van der Waals surface area contributed by atoms with Gasteiger partial charge in [-0.1, -0.05) is 27.7 Å². The first-order valence-electron chi connectivity index (χ1n) is 7.04. The summed E-state index contributed by atoms with van der Waals surface area (Å²) in [5.41, 5.74) is 0. The summed E-state index contributed by atoms with van der Waals surface area (Å²) in [6.07, 6.45) is 3.68. The molecule has 0 amide bonds. The maximum absolute atomic E-state index is 3.42. The van der Waals surface area contributed by atoms with Crippen LogP contribution in [0, 0.1) is 0 Å². The van der Waals surface area contributed by atoms with Crippen molar-refractivity contribution in [2.75, 3.05) is 39.3 Å². The Kier molecular flexibility index (Phi) is 23.2. The third kappa shape index (κ3) is 19.5. The van der Waals surface area contributed by atoms with Crippen LogP contribution >= 0.6 is 0 Å². The van der Waals surface area contributed by atoms with Gasteiger partial charge in [0.05, 0.1) is 0 Å². The minimum absolute atomic E-state index is 1.09. The summed E-state index contributed by atoms with van der Waals surface area (Å²) in [6, 6.07) is 0. The molecule has 0 aliphatic carbocycles. The van der Waals surface area contributed by atoms with E-state index in [4.69, 9.17) is 0 Å². The summed E-state index contributed by atoms with van der Waals surface area (Å²) in [4.78, 5) is 0. The average molecular weight is 231 g/mol. The molecule has 0 aromatic carbocycles. The zero-order chi connectivity index (χ0) is 12.5. The molecule has 0 heterocycles. The molecule has 16 heavy (non-hydrogen) atoms. The van der Waals surface area contributed by atoms with Crippen molar-refractivity contribution in [2.45, 2.75) is 47.0 Å². The fraction of sp³-hybridized carbons (Fsp3) is 1.00. The van der Waals surface area contributed by atoms with Gasteiger partial charge in [-0.3, -0.25) is 0 Å². The summed E-state index contributed by atoms with van der Waals surface area (Å²) in [7, 11) is 0. The highest BCUT2D eigenvalue weighted by atomic mass is 14.9. The van der Waals surface area contributed by atoms with Crippen molar-refractivity contribution in [3.63, 3.8) is 0 Å². The zero-order valence-electron chi connectivity index (χ0n) is 11.9. The number of hydrogen-bond acceptors (Lipinski definition) is 3. The van der Waals surface area contributed by atoms with E-state index in [0.717, 1.165) is 39.3 Å². The van der Waals surface area contributed by atoms with Crippen molar-refractivity contribution >= 4 is 0 Å². The quantitative estimate of drug-likeness (QED) is 0.476. The molecule has 0 radical (unpaired) electrons. The molecule has 0 saturated heterocycles. The van der Waals surface area contributed by atoms with Crippen LogP contribution in [0.1, 0.15) is 47.0 Å².